The van der Waals surface area contributed by atoms with Gasteiger partial charge >= 0.3 is 5.97 Å². The third-order valence-electron chi connectivity index (χ3n) is 2.02. The molecule has 0 saturated heterocycles. The summed E-state index contributed by atoms with van der Waals surface area (Å²) < 4.78 is 31.0. The van der Waals surface area contributed by atoms with Gasteiger partial charge in [-0.2, -0.15) is 0 Å². The predicted molar refractivity (Wildman–Crippen MR) is 55.1 cm³/mol. The number of rotatable bonds is 3. The van der Waals surface area contributed by atoms with Crippen molar-refractivity contribution in [3.05, 3.63) is 29.3 Å². The lowest BCUT2D eigenvalue weighted by atomic mass is 10.1. The topological polar surface area (TPSA) is 46.5 Å². The second-order valence-electron chi connectivity index (χ2n) is 2.91. The Kier molecular flexibility index (Phi) is 4.26. The summed E-state index contributed by atoms with van der Waals surface area (Å²) in [6.07, 6.45) is -0.218. The maximum absolute atomic E-state index is 13.4. The van der Waals surface area contributed by atoms with Crippen LogP contribution in [0.4, 0.5) is 8.78 Å². The SMILES string of the molecule is COC(=O)C(O)c1ccc(SC)c(F)c1F. The van der Waals surface area contributed by atoms with Gasteiger partial charge in [0.15, 0.2) is 17.7 Å². The summed E-state index contributed by atoms with van der Waals surface area (Å²) in [4.78, 5) is 11.1. The Morgan fingerprint density at radius 3 is 2.56 bits per heavy atom. The van der Waals surface area contributed by atoms with Gasteiger partial charge in [-0.1, -0.05) is 6.07 Å². The minimum atomic E-state index is -1.81. The van der Waals surface area contributed by atoms with Crippen LogP contribution < -0.4 is 0 Å². The van der Waals surface area contributed by atoms with Crippen LogP contribution in [0.2, 0.25) is 0 Å². The lowest BCUT2D eigenvalue weighted by Gasteiger charge is -2.11. The molecule has 1 aromatic rings. The molecule has 0 aliphatic rings. The Bertz CT molecular complexity index is 409. The van der Waals surface area contributed by atoms with Crippen molar-refractivity contribution in [3.63, 3.8) is 0 Å². The van der Waals surface area contributed by atoms with E-state index in [1.807, 2.05) is 0 Å². The first-order valence-electron chi connectivity index (χ1n) is 4.30. The molecule has 3 nitrogen and oxygen atoms in total. The Hall–Kier alpha value is -1.14. The van der Waals surface area contributed by atoms with E-state index in [4.69, 9.17) is 0 Å². The molecule has 0 radical (unpaired) electrons. The number of benzene rings is 1. The van der Waals surface area contributed by atoms with Crippen molar-refractivity contribution in [2.45, 2.75) is 11.0 Å². The molecule has 0 aliphatic carbocycles. The Labute approximate surface area is 95.4 Å². The normalized spacial score (nSPS) is 12.3. The Morgan fingerprint density at radius 2 is 2.06 bits per heavy atom. The highest BCUT2D eigenvalue weighted by molar-refractivity contribution is 7.98. The molecule has 0 spiro atoms. The maximum Gasteiger partial charge on any atom is 0.339 e. The number of ether oxygens (including phenoxy) is 1. The quantitative estimate of drug-likeness (QED) is 0.655. The van der Waals surface area contributed by atoms with E-state index in [1.54, 1.807) is 6.26 Å². The fourth-order valence-corrected chi connectivity index (χ4v) is 1.63. The number of carbonyl (C=O) groups is 1. The van der Waals surface area contributed by atoms with Crippen molar-refractivity contribution < 1.29 is 23.4 Å². The molecule has 0 aliphatic heterocycles. The number of esters is 1. The Balaban J connectivity index is 3.17. The van der Waals surface area contributed by atoms with Crippen molar-refractivity contribution in [2.75, 3.05) is 13.4 Å². The first kappa shape index (κ1) is 12.9. The van der Waals surface area contributed by atoms with Crippen molar-refractivity contribution in [1.29, 1.82) is 0 Å². The fourth-order valence-electron chi connectivity index (χ4n) is 1.15. The molecular formula is C10H10F2O3S. The molecule has 1 aromatic carbocycles. The van der Waals surface area contributed by atoms with Crippen LogP contribution in [0.3, 0.4) is 0 Å². The molecular weight excluding hydrogens is 238 g/mol. The lowest BCUT2D eigenvalue weighted by Crippen LogP contribution is -2.15. The van der Waals surface area contributed by atoms with Gasteiger partial charge in [-0.3, -0.25) is 0 Å². The molecule has 88 valence electrons. The zero-order valence-electron chi connectivity index (χ0n) is 8.66. The Morgan fingerprint density at radius 1 is 1.44 bits per heavy atom. The van der Waals surface area contributed by atoms with E-state index in [-0.39, 0.29) is 4.90 Å². The minimum absolute atomic E-state index is 0.110. The molecule has 1 N–H and O–H groups in total. The van der Waals surface area contributed by atoms with Crippen LogP contribution in [-0.2, 0) is 9.53 Å². The van der Waals surface area contributed by atoms with Gasteiger partial charge in [-0.15, -0.1) is 11.8 Å². The van der Waals surface area contributed by atoms with E-state index in [0.29, 0.717) is 0 Å². The number of carbonyl (C=O) groups excluding carboxylic acids is 1. The van der Waals surface area contributed by atoms with Crippen LogP contribution in [0.15, 0.2) is 17.0 Å². The van der Waals surface area contributed by atoms with Crippen molar-refractivity contribution in [2.24, 2.45) is 0 Å². The molecule has 0 bridgehead atoms. The van der Waals surface area contributed by atoms with E-state index in [1.165, 1.54) is 6.07 Å². The summed E-state index contributed by atoms with van der Waals surface area (Å²) in [6, 6.07) is 2.45. The highest BCUT2D eigenvalue weighted by Crippen LogP contribution is 2.27. The zero-order chi connectivity index (χ0) is 12.3. The van der Waals surface area contributed by atoms with Gasteiger partial charge in [0.05, 0.1) is 7.11 Å². The second kappa shape index (κ2) is 5.27. The van der Waals surface area contributed by atoms with Crippen molar-refractivity contribution in [1.82, 2.24) is 0 Å². The highest BCUT2D eigenvalue weighted by atomic mass is 32.2. The third kappa shape index (κ3) is 2.33. The van der Waals surface area contributed by atoms with Crippen molar-refractivity contribution >= 4 is 17.7 Å². The number of aliphatic hydroxyl groups is 1. The van der Waals surface area contributed by atoms with Crippen LogP contribution in [0.5, 0.6) is 0 Å². The van der Waals surface area contributed by atoms with Gasteiger partial charge in [0.1, 0.15) is 0 Å². The molecule has 0 aromatic heterocycles. The van der Waals surface area contributed by atoms with Crippen molar-refractivity contribution in [3.8, 4) is 0 Å². The number of hydrogen-bond donors (Lipinski definition) is 1. The van der Waals surface area contributed by atoms with E-state index in [0.717, 1.165) is 24.9 Å². The highest BCUT2D eigenvalue weighted by Gasteiger charge is 2.24. The van der Waals surface area contributed by atoms with Gasteiger partial charge in [0, 0.05) is 10.5 Å². The molecule has 0 saturated carbocycles. The maximum atomic E-state index is 13.4. The molecule has 0 amide bonds. The fraction of sp³-hybridized carbons (Fsp3) is 0.300. The summed E-state index contributed by atoms with van der Waals surface area (Å²) in [5.74, 6) is -3.34. The molecule has 0 heterocycles. The summed E-state index contributed by atoms with van der Waals surface area (Å²) in [6.45, 7) is 0. The van der Waals surface area contributed by atoms with E-state index < -0.39 is 29.3 Å². The number of hydrogen-bond acceptors (Lipinski definition) is 4. The largest absolute Gasteiger partial charge is 0.467 e. The smallest absolute Gasteiger partial charge is 0.339 e. The first-order valence-corrected chi connectivity index (χ1v) is 5.53. The molecule has 1 rings (SSSR count). The van der Waals surface area contributed by atoms with Crippen LogP contribution in [-0.4, -0.2) is 24.4 Å². The lowest BCUT2D eigenvalue weighted by molar-refractivity contribution is -0.150. The molecule has 1 atom stereocenters. The summed E-state index contributed by atoms with van der Waals surface area (Å²) in [5, 5.41) is 9.37. The monoisotopic (exact) mass is 248 g/mol. The van der Waals surface area contributed by atoms with E-state index in [2.05, 4.69) is 4.74 Å². The predicted octanol–water partition coefficient (Wildman–Crippen LogP) is 1.89. The van der Waals surface area contributed by atoms with Crippen LogP contribution >= 0.6 is 11.8 Å². The summed E-state index contributed by atoms with van der Waals surface area (Å²) >= 11 is 1.03. The van der Waals surface area contributed by atoms with E-state index in [9.17, 15) is 18.7 Å². The second-order valence-corrected chi connectivity index (χ2v) is 3.76. The van der Waals surface area contributed by atoms with Crippen LogP contribution in [0, 0.1) is 11.6 Å². The standard InChI is InChI=1S/C10H10F2O3S/c1-15-10(14)9(13)5-3-4-6(16-2)8(12)7(5)11/h3-4,9,13H,1-2H3. The van der Waals surface area contributed by atoms with Gasteiger partial charge in [-0.05, 0) is 12.3 Å². The molecule has 6 heteroatoms. The molecule has 16 heavy (non-hydrogen) atoms. The first-order chi connectivity index (χ1) is 7.52. The average Bonchev–Trinajstić information content (AvgIpc) is 2.30. The van der Waals surface area contributed by atoms with Crippen LogP contribution in [0.1, 0.15) is 11.7 Å². The van der Waals surface area contributed by atoms with Gasteiger partial charge < -0.3 is 9.84 Å². The van der Waals surface area contributed by atoms with Gasteiger partial charge in [-0.25, -0.2) is 13.6 Å². The van der Waals surface area contributed by atoms with E-state index >= 15 is 0 Å². The number of methoxy groups -OCH3 is 1. The molecule has 1 unspecified atom stereocenters. The minimum Gasteiger partial charge on any atom is -0.467 e. The third-order valence-corrected chi connectivity index (χ3v) is 2.77. The van der Waals surface area contributed by atoms with Gasteiger partial charge in [0.2, 0.25) is 0 Å². The average molecular weight is 248 g/mol. The number of halogens is 2. The van der Waals surface area contributed by atoms with Crippen LogP contribution in [0.25, 0.3) is 0 Å². The summed E-state index contributed by atoms with van der Waals surface area (Å²) in [5.41, 5.74) is -0.429. The summed E-state index contributed by atoms with van der Waals surface area (Å²) in [7, 11) is 1.05. The zero-order valence-corrected chi connectivity index (χ0v) is 9.48. The van der Waals surface area contributed by atoms with Gasteiger partial charge in [0.25, 0.3) is 0 Å². The number of thioether (sulfide) groups is 1. The molecule has 0 fully saturated rings. The number of aliphatic hydroxyl groups excluding tert-OH is 1.